The second-order valence-electron chi connectivity index (χ2n) is 4.35. The lowest BCUT2D eigenvalue weighted by atomic mass is 10.0. The van der Waals surface area contributed by atoms with Gasteiger partial charge in [0.05, 0.1) is 18.8 Å². The lowest BCUT2D eigenvalue weighted by molar-refractivity contribution is -0.162. The molecule has 0 saturated carbocycles. The number of hydrogen-bond acceptors (Lipinski definition) is 5. The summed E-state index contributed by atoms with van der Waals surface area (Å²) in [5, 5.41) is 0. The Kier molecular flexibility index (Phi) is 5.18. The lowest BCUT2D eigenvalue weighted by Gasteiger charge is -2.32. The number of carbonyl (C=O) groups is 1. The molecule has 1 rings (SSSR count). The molecular formula is C11H21NO4. The smallest absolute Gasteiger partial charge is 0.325 e. The maximum absolute atomic E-state index is 11.5. The molecule has 0 aromatic heterocycles. The first-order valence-corrected chi connectivity index (χ1v) is 5.63. The molecule has 5 heteroatoms. The number of ether oxygens (including phenoxy) is 3. The fourth-order valence-electron chi connectivity index (χ4n) is 1.94. The van der Waals surface area contributed by atoms with Crippen molar-refractivity contribution in [2.45, 2.75) is 51.0 Å². The van der Waals surface area contributed by atoms with Crippen LogP contribution in [0.2, 0.25) is 0 Å². The average molecular weight is 231 g/mol. The van der Waals surface area contributed by atoms with Crippen molar-refractivity contribution >= 4 is 5.97 Å². The van der Waals surface area contributed by atoms with E-state index in [0.717, 1.165) is 12.8 Å². The SMILES string of the molecule is COCC(N)C(=O)OC1CC(C)OC(C)C1. The maximum atomic E-state index is 11.5. The van der Waals surface area contributed by atoms with Crippen LogP contribution < -0.4 is 5.73 Å². The predicted molar refractivity (Wildman–Crippen MR) is 59.0 cm³/mol. The van der Waals surface area contributed by atoms with Crippen LogP contribution in [0.5, 0.6) is 0 Å². The van der Waals surface area contributed by atoms with Crippen molar-refractivity contribution in [2.24, 2.45) is 5.73 Å². The Bertz CT molecular complexity index is 224. The molecule has 0 bridgehead atoms. The Labute approximate surface area is 96.2 Å². The Hall–Kier alpha value is -0.650. The summed E-state index contributed by atoms with van der Waals surface area (Å²) >= 11 is 0. The standard InChI is InChI=1S/C11H21NO4/c1-7-4-9(5-8(2)15-7)16-11(13)10(12)6-14-3/h7-10H,4-6,12H2,1-3H3. The van der Waals surface area contributed by atoms with Crippen molar-refractivity contribution in [1.29, 1.82) is 0 Å². The van der Waals surface area contributed by atoms with Crippen molar-refractivity contribution in [1.82, 2.24) is 0 Å². The molecule has 5 nitrogen and oxygen atoms in total. The maximum Gasteiger partial charge on any atom is 0.325 e. The topological polar surface area (TPSA) is 70.8 Å². The van der Waals surface area contributed by atoms with Gasteiger partial charge in [0.15, 0.2) is 0 Å². The van der Waals surface area contributed by atoms with Crippen molar-refractivity contribution in [3.63, 3.8) is 0 Å². The van der Waals surface area contributed by atoms with Crippen LogP contribution >= 0.6 is 0 Å². The molecule has 0 aromatic rings. The summed E-state index contributed by atoms with van der Waals surface area (Å²) in [6, 6.07) is -0.696. The zero-order valence-corrected chi connectivity index (χ0v) is 10.1. The predicted octanol–water partition coefficient (Wildman–Crippen LogP) is 0.459. The van der Waals surface area contributed by atoms with E-state index in [0.29, 0.717) is 0 Å². The zero-order valence-electron chi connectivity index (χ0n) is 10.1. The summed E-state index contributed by atoms with van der Waals surface area (Å²) in [6.07, 6.45) is 1.63. The minimum atomic E-state index is -0.696. The molecule has 3 unspecified atom stereocenters. The van der Waals surface area contributed by atoms with Gasteiger partial charge in [-0.3, -0.25) is 4.79 Å². The summed E-state index contributed by atoms with van der Waals surface area (Å²) < 4.78 is 15.7. The number of carbonyl (C=O) groups excluding carboxylic acids is 1. The van der Waals surface area contributed by atoms with Gasteiger partial charge in [-0.15, -0.1) is 0 Å². The van der Waals surface area contributed by atoms with Gasteiger partial charge in [-0.1, -0.05) is 0 Å². The van der Waals surface area contributed by atoms with Gasteiger partial charge in [-0.2, -0.15) is 0 Å². The molecule has 3 atom stereocenters. The van der Waals surface area contributed by atoms with E-state index in [1.165, 1.54) is 7.11 Å². The van der Waals surface area contributed by atoms with E-state index in [4.69, 9.17) is 19.9 Å². The number of hydrogen-bond donors (Lipinski definition) is 1. The quantitative estimate of drug-likeness (QED) is 0.712. The Morgan fingerprint density at radius 2 is 2.00 bits per heavy atom. The highest BCUT2D eigenvalue weighted by molar-refractivity contribution is 5.75. The van der Waals surface area contributed by atoms with E-state index >= 15 is 0 Å². The summed E-state index contributed by atoms with van der Waals surface area (Å²) in [4.78, 5) is 11.5. The third-order valence-electron chi connectivity index (χ3n) is 2.59. The number of methoxy groups -OCH3 is 1. The third kappa shape index (κ3) is 4.08. The average Bonchev–Trinajstić information content (AvgIpc) is 2.16. The molecule has 1 heterocycles. The van der Waals surface area contributed by atoms with Gasteiger partial charge in [-0.25, -0.2) is 0 Å². The van der Waals surface area contributed by atoms with Crippen molar-refractivity contribution in [2.75, 3.05) is 13.7 Å². The third-order valence-corrected chi connectivity index (χ3v) is 2.59. The van der Waals surface area contributed by atoms with E-state index in [1.54, 1.807) is 0 Å². The van der Waals surface area contributed by atoms with Crippen LogP contribution in [0, 0.1) is 0 Å². The lowest BCUT2D eigenvalue weighted by Crippen LogP contribution is -2.41. The Morgan fingerprint density at radius 3 is 2.50 bits per heavy atom. The summed E-state index contributed by atoms with van der Waals surface area (Å²) in [5.41, 5.74) is 5.58. The van der Waals surface area contributed by atoms with E-state index in [-0.39, 0.29) is 24.9 Å². The van der Waals surface area contributed by atoms with Crippen molar-refractivity contribution < 1.29 is 19.0 Å². The highest BCUT2D eigenvalue weighted by Crippen LogP contribution is 2.21. The van der Waals surface area contributed by atoms with Crippen LogP contribution in [0.3, 0.4) is 0 Å². The normalized spacial score (nSPS) is 32.1. The Balaban J connectivity index is 2.38. The minimum Gasteiger partial charge on any atom is -0.461 e. The monoisotopic (exact) mass is 231 g/mol. The highest BCUT2D eigenvalue weighted by atomic mass is 16.6. The van der Waals surface area contributed by atoms with Crippen LogP contribution in [0.1, 0.15) is 26.7 Å². The van der Waals surface area contributed by atoms with Gasteiger partial charge in [-0.05, 0) is 13.8 Å². The summed E-state index contributed by atoms with van der Waals surface area (Å²) in [5.74, 6) is -0.395. The van der Waals surface area contributed by atoms with Crippen LogP contribution in [0.15, 0.2) is 0 Å². The molecular weight excluding hydrogens is 210 g/mol. The Morgan fingerprint density at radius 1 is 1.44 bits per heavy atom. The van der Waals surface area contributed by atoms with Crippen LogP contribution in [-0.2, 0) is 19.0 Å². The minimum absolute atomic E-state index is 0.0887. The number of rotatable bonds is 4. The molecule has 1 aliphatic heterocycles. The fourth-order valence-corrected chi connectivity index (χ4v) is 1.94. The van der Waals surface area contributed by atoms with Gasteiger partial charge < -0.3 is 19.9 Å². The van der Waals surface area contributed by atoms with Crippen LogP contribution in [0.25, 0.3) is 0 Å². The van der Waals surface area contributed by atoms with Gasteiger partial charge in [0.2, 0.25) is 0 Å². The first-order valence-electron chi connectivity index (χ1n) is 5.63. The van der Waals surface area contributed by atoms with Crippen LogP contribution in [0.4, 0.5) is 0 Å². The highest BCUT2D eigenvalue weighted by Gasteiger charge is 2.28. The molecule has 1 aliphatic rings. The molecule has 0 aromatic carbocycles. The largest absolute Gasteiger partial charge is 0.461 e. The van der Waals surface area contributed by atoms with Gasteiger partial charge in [0.1, 0.15) is 12.1 Å². The number of nitrogens with two attached hydrogens (primary N) is 1. The van der Waals surface area contributed by atoms with Gasteiger partial charge in [0.25, 0.3) is 0 Å². The van der Waals surface area contributed by atoms with E-state index in [2.05, 4.69) is 0 Å². The zero-order chi connectivity index (χ0) is 12.1. The molecule has 16 heavy (non-hydrogen) atoms. The molecule has 2 N–H and O–H groups in total. The van der Waals surface area contributed by atoms with Gasteiger partial charge in [0, 0.05) is 20.0 Å². The van der Waals surface area contributed by atoms with E-state index in [9.17, 15) is 4.79 Å². The van der Waals surface area contributed by atoms with E-state index in [1.807, 2.05) is 13.8 Å². The van der Waals surface area contributed by atoms with Crippen LogP contribution in [-0.4, -0.2) is 44.0 Å². The van der Waals surface area contributed by atoms with Gasteiger partial charge >= 0.3 is 5.97 Å². The molecule has 0 spiro atoms. The van der Waals surface area contributed by atoms with E-state index < -0.39 is 12.0 Å². The number of esters is 1. The first-order chi connectivity index (χ1) is 7.52. The molecule has 0 amide bonds. The summed E-state index contributed by atoms with van der Waals surface area (Å²) in [6.45, 7) is 4.14. The molecule has 0 radical (unpaired) electrons. The van der Waals surface area contributed by atoms with Crippen molar-refractivity contribution in [3.05, 3.63) is 0 Å². The fraction of sp³-hybridized carbons (Fsp3) is 0.909. The van der Waals surface area contributed by atoms with Crippen molar-refractivity contribution in [3.8, 4) is 0 Å². The molecule has 1 saturated heterocycles. The second-order valence-corrected chi connectivity index (χ2v) is 4.35. The molecule has 94 valence electrons. The molecule has 0 aliphatic carbocycles. The summed E-state index contributed by atoms with van der Waals surface area (Å²) in [7, 11) is 1.51. The first kappa shape index (κ1) is 13.4. The second kappa shape index (κ2) is 6.18. The molecule has 1 fully saturated rings.